The summed E-state index contributed by atoms with van der Waals surface area (Å²) in [7, 11) is 0. The average molecular weight is 652 g/mol. The molecule has 4 heteroatoms. The average Bonchev–Trinajstić information content (AvgIpc) is 3.58. The molecule has 0 atom stereocenters. The zero-order valence-electron chi connectivity index (χ0n) is 27.5. The van der Waals surface area contributed by atoms with Crippen LogP contribution in [-0.4, -0.2) is 15.0 Å². The highest BCUT2D eigenvalue weighted by Crippen LogP contribution is 2.36. The molecule has 4 nitrogen and oxygen atoms in total. The van der Waals surface area contributed by atoms with Gasteiger partial charge in [-0.1, -0.05) is 127 Å². The minimum absolute atomic E-state index is 0.608. The van der Waals surface area contributed by atoms with Crippen LogP contribution in [0.4, 0.5) is 0 Å². The third kappa shape index (κ3) is 5.22. The van der Waals surface area contributed by atoms with E-state index in [9.17, 15) is 0 Å². The smallest absolute Gasteiger partial charge is 0.164 e. The number of aromatic nitrogens is 3. The van der Waals surface area contributed by atoms with Crippen molar-refractivity contribution in [3.05, 3.63) is 176 Å². The van der Waals surface area contributed by atoms with E-state index in [4.69, 9.17) is 19.4 Å². The Kier molecular flexibility index (Phi) is 6.78. The Morgan fingerprint density at radius 1 is 0.294 bits per heavy atom. The summed E-state index contributed by atoms with van der Waals surface area (Å²) in [6.45, 7) is 0. The van der Waals surface area contributed by atoms with Gasteiger partial charge in [0.2, 0.25) is 0 Å². The molecule has 10 aromatic rings. The molecule has 0 amide bonds. The molecule has 8 aromatic carbocycles. The molecule has 0 unspecified atom stereocenters. The summed E-state index contributed by atoms with van der Waals surface area (Å²) in [6.07, 6.45) is 0. The molecule has 238 valence electrons. The van der Waals surface area contributed by atoms with Gasteiger partial charge in [-0.3, -0.25) is 0 Å². The molecule has 0 aliphatic carbocycles. The highest BCUT2D eigenvalue weighted by atomic mass is 16.3. The largest absolute Gasteiger partial charge is 0.456 e. The van der Waals surface area contributed by atoms with Crippen LogP contribution in [0.1, 0.15) is 0 Å². The van der Waals surface area contributed by atoms with Crippen LogP contribution in [0.15, 0.2) is 180 Å². The lowest BCUT2D eigenvalue weighted by Crippen LogP contribution is -2.00. The number of nitrogens with zero attached hydrogens (tertiary/aromatic N) is 3. The van der Waals surface area contributed by atoms with Crippen LogP contribution in [-0.2, 0) is 0 Å². The Labute approximate surface area is 294 Å². The molecule has 0 saturated carbocycles. The number of para-hydroxylation sites is 1. The third-order valence-corrected chi connectivity index (χ3v) is 9.68. The van der Waals surface area contributed by atoms with Crippen LogP contribution in [0.2, 0.25) is 0 Å². The molecule has 10 rings (SSSR count). The summed E-state index contributed by atoms with van der Waals surface area (Å²) >= 11 is 0. The number of furan rings is 1. The van der Waals surface area contributed by atoms with Gasteiger partial charge in [0.1, 0.15) is 11.2 Å². The number of hydrogen-bond donors (Lipinski definition) is 0. The first-order valence-electron chi connectivity index (χ1n) is 17.1. The second-order valence-electron chi connectivity index (χ2n) is 12.9. The van der Waals surface area contributed by atoms with E-state index in [1.807, 2.05) is 42.5 Å². The second-order valence-corrected chi connectivity index (χ2v) is 12.9. The zero-order chi connectivity index (χ0) is 33.7. The van der Waals surface area contributed by atoms with Gasteiger partial charge in [0.25, 0.3) is 0 Å². The highest BCUT2D eigenvalue weighted by molar-refractivity contribution is 6.06. The molecule has 2 aromatic heterocycles. The maximum atomic E-state index is 6.15. The molecule has 0 aliphatic rings. The minimum Gasteiger partial charge on any atom is -0.456 e. The standard InChI is InChI=1S/C47H29N3O/c1-3-11-30(12-4-1)32-19-20-34-26-36(22-21-33(34)25-32)45-48-46(37-23-24-44-42(28-37)40-17-9-10-18-43(40)51-44)50-47(49-45)38-27-35-15-7-8-16-39(35)41(29-38)31-13-5-2-6-14-31/h1-29H. The van der Waals surface area contributed by atoms with Gasteiger partial charge in [0, 0.05) is 27.5 Å². The number of rotatable bonds is 5. The monoisotopic (exact) mass is 651 g/mol. The van der Waals surface area contributed by atoms with E-state index in [2.05, 4.69) is 133 Å². The van der Waals surface area contributed by atoms with Gasteiger partial charge >= 0.3 is 0 Å². The van der Waals surface area contributed by atoms with Crippen LogP contribution in [0.3, 0.4) is 0 Å². The SMILES string of the molecule is c1ccc(-c2ccc3cc(-c4nc(-c5cc(-c6ccccc6)c6ccccc6c5)nc(-c5ccc6oc7ccccc7c6c5)n4)ccc3c2)cc1. The second kappa shape index (κ2) is 11.9. The molecule has 0 radical (unpaired) electrons. The fraction of sp³-hybridized carbons (Fsp3) is 0. The lowest BCUT2D eigenvalue weighted by atomic mass is 9.95. The van der Waals surface area contributed by atoms with Gasteiger partial charge in [-0.2, -0.15) is 0 Å². The van der Waals surface area contributed by atoms with E-state index >= 15 is 0 Å². The normalized spacial score (nSPS) is 11.5. The van der Waals surface area contributed by atoms with E-state index in [-0.39, 0.29) is 0 Å². The van der Waals surface area contributed by atoms with Crippen molar-refractivity contribution in [2.75, 3.05) is 0 Å². The number of hydrogen-bond acceptors (Lipinski definition) is 4. The molecule has 0 aliphatic heterocycles. The number of benzene rings is 8. The van der Waals surface area contributed by atoms with Crippen LogP contribution < -0.4 is 0 Å². The summed E-state index contributed by atoms with van der Waals surface area (Å²) in [5, 5.41) is 6.69. The van der Waals surface area contributed by atoms with Gasteiger partial charge in [-0.05, 0) is 92.3 Å². The summed E-state index contributed by atoms with van der Waals surface area (Å²) < 4.78 is 6.15. The zero-order valence-corrected chi connectivity index (χ0v) is 27.5. The Morgan fingerprint density at radius 3 is 1.59 bits per heavy atom. The van der Waals surface area contributed by atoms with Gasteiger partial charge in [-0.15, -0.1) is 0 Å². The lowest BCUT2D eigenvalue weighted by molar-refractivity contribution is 0.669. The first-order chi connectivity index (χ1) is 25.2. The van der Waals surface area contributed by atoms with Crippen molar-refractivity contribution in [2.24, 2.45) is 0 Å². The predicted octanol–water partition coefficient (Wildman–Crippen LogP) is 12.4. The Bertz CT molecular complexity index is 2910. The molecule has 0 spiro atoms. The Hall–Kier alpha value is -6.91. The quantitative estimate of drug-likeness (QED) is 0.186. The van der Waals surface area contributed by atoms with E-state index in [0.29, 0.717) is 17.5 Å². The van der Waals surface area contributed by atoms with Crippen molar-refractivity contribution < 1.29 is 4.42 Å². The van der Waals surface area contributed by atoms with Crippen LogP contribution in [0.5, 0.6) is 0 Å². The molecule has 0 bridgehead atoms. The Morgan fingerprint density at radius 2 is 0.824 bits per heavy atom. The van der Waals surface area contributed by atoms with Crippen LogP contribution in [0.25, 0.3) is 99.9 Å². The van der Waals surface area contributed by atoms with E-state index < -0.39 is 0 Å². The first-order valence-corrected chi connectivity index (χ1v) is 17.1. The van der Waals surface area contributed by atoms with E-state index in [1.165, 1.54) is 16.5 Å². The van der Waals surface area contributed by atoms with Crippen molar-refractivity contribution in [1.29, 1.82) is 0 Å². The molecule has 51 heavy (non-hydrogen) atoms. The molecular formula is C47H29N3O. The predicted molar refractivity (Wildman–Crippen MR) is 209 cm³/mol. The molecule has 0 N–H and O–H groups in total. The van der Waals surface area contributed by atoms with Gasteiger partial charge in [0.05, 0.1) is 0 Å². The molecule has 0 saturated heterocycles. The Balaban J connectivity index is 1.17. The lowest BCUT2D eigenvalue weighted by Gasteiger charge is -2.13. The van der Waals surface area contributed by atoms with E-state index in [0.717, 1.165) is 65.9 Å². The topological polar surface area (TPSA) is 51.8 Å². The fourth-order valence-corrected chi connectivity index (χ4v) is 7.12. The van der Waals surface area contributed by atoms with Crippen molar-refractivity contribution >= 4 is 43.5 Å². The minimum atomic E-state index is 0.608. The summed E-state index contributed by atoms with van der Waals surface area (Å²) in [4.78, 5) is 15.5. The maximum absolute atomic E-state index is 6.15. The van der Waals surface area contributed by atoms with Gasteiger partial charge in [0.15, 0.2) is 17.5 Å². The molecule has 2 heterocycles. The fourth-order valence-electron chi connectivity index (χ4n) is 7.12. The van der Waals surface area contributed by atoms with Crippen LogP contribution in [0, 0.1) is 0 Å². The first kappa shape index (κ1) is 29.0. The van der Waals surface area contributed by atoms with E-state index in [1.54, 1.807) is 0 Å². The summed E-state index contributed by atoms with van der Waals surface area (Å²) in [6, 6.07) is 61.2. The van der Waals surface area contributed by atoms with Crippen molar-refractivity contribution in [2.45, 2.75) is 0 Å². The number of fused-ring (bicyclic) bond motifs is 5. The maximum Gasteiger partial charge on any atom is 0.164 e. The van der Waals surface area contributed by atoms with Crippen LogP contribution >= 0.6 is 0 Å². The van der Waals surface area contributed by atoms with Crippen molar-refractivity contribution in [3.8, 4) is 56.4 Å². The summed E-state index contributed by atoms with van der Waals surface area (Å²) in [5.41, 5.74) is 9.12. The molecule has 0 fully saturated rings. The van der Waals surface area contributed by atoms with Crippen molar-refractivity contribution in [3.63, 3.8) is 0 Å². The van der Waals surface area contributed by atoms with Gasteiger partial charge in [-0.25, -0.2) is 15.0 Å². The molecular weight excluding hydrogens is 623 g/mol. The van der Waals surface area contributed by atoms with Crippen molar-refractivity contribution in [1.82, 2.24) is 15.0 Å². The highest BCUT2D eigenvalue weighted by Gasteiger charge is 2.17. The van der Waals surface area contributed by atoms with Gasteiger partial charge < -0.3 is 4.42 Å². The summed E-state index contributed by atoms with van der Waals surface area (Å²) in [5.74, 6) is 1.85. The third-order valence-electron chi connectivity index (χ3n) is 9.68.